The zero-order chi connectivity index (χ0) is 18.4. The van der Waals surface area contributed by atoms with Crippen molar-refractivity contribution in [1.82, 2.24) is 0 Å². The van der Waals surface area contributed by atoms with E-state index in [1.54, 1.807) is 24.3 Å². The summed E-state index contributed by atoms with van der Waals surface area (Å²) in [6.07, 6.45) is 1.44. The lowest BCUT2D eigenvalue weighted by atomic mass is 10.1. The molecule has 7 heteroatoms. The monoisotopic (exact) mass is 373 g/mol. The molecule has 0 unspecified atom stereocenters. The van der Waals surface area contributed by atoms with Gasteiger partial charge in [0.25, 0.3) is 5.91 Å². The number of hydrogen-bond acceptors (Lipinski definition) is 3. The number of anilines is 2. The molecule has 2 aromatic rings. The van der Waals surface area contributed by atoms with Crippen molar-refractivity contribution >= 4 is 52.5 Å². The molecule has 2 amide bonds. The van der Waals surface area contributed by atoms with E-state index in [4.69, 9.17) is 23.2 Å². The van der Waals surface area contributed by atoms with E-state index in [0.717, 1.165) is 0 Å². The predicted molar refractivity (Wildman–Crippen MR) is 99.4 cm³/mol. The van der Waals surface area contributed by atoms with Crippen molar-refractivity contribution < 1.29 is 9.59 Å². The Balaban J connectivity index is 2.17. The summed E-state index contributed by atoms with van der Waals surface area (Å²) in [7, 11) is 0. The second-order valence-electron chi connectivity index (χ2n) is 5.09. The Labute approximate surface area is 154 Å². The Morgan fingerprint density at radius 1 is 1.00 bits per heavy atom. The molecular weight excluding hydrogens is 361 g/mol. The minimum absolute atomic E-state index is 0.0802. The third kappa shape index (κ3) is 5.64. The van der Waals surface area contributed by atoms with Crippen LogP contribution in [-0.4, -0.2) is 11.8 Å². The molecule has 0 atom stereocenters. The van der Waals surface area contributed by atoms with E-state index >= 15 is 0 Å². The van der Waals surface area contributed by atoms with E-state index in [1.165, 1.54) is 31.2 Å². The first-order valence-corrected chi connectivity index (χ1v) is 7.90. The Hall–Kier alpha value is -2.81. The molecule has 0 fully saturated rings. The Morgan fingerprint density at radius 3 is 2.12 bits per heavy atom. The summed E-state index contributed by atoms with van der Waals surface area (Å²) in [6, 6.07) is 13.2. The summed E-state index contributed by atoms with van der Waals surface area (Å²) >= 11 is 11.8. The van der Waals surface area contributed by atoms with Gasteiger partial charge in [0.15, 0.2) is 0 Å². The average Bonchev–Trinajstić information content (AvgIpc) is 2.52. The van der Waals surface area contributed by atoms with Crippen molar-refractivity contribution in [1.29, 1.82) is 5.26 Å². The van der Waals surface area contributed by atoms with E-state index in [2.05, 4.69) is 10.6 Å². The van der Waals surface area contributed by atoms with Crippen LogP contribution in [-0.2, 0) is 9.59 Å². The second kappa shape index (κ2) is 8.34. The molecule has 0 heterocycles. The fourth-order valence-electron chi connectivity index (χ4n) is 2.01. The third-order valence-corrected chi connectivity index (χ3v) is 3.46. The number of hydrogen-bond donors (Lipinski definition) is 2. The normalized spacial score (nSPS) is 10.7. The molecule has 25 heavy (non-hydrogen) atoms. The lowest BCUT2D eigenvalue weighted by Gasteiger charge is -2.06. The fourth-order valence-corrected chi connectivity index (χ4v) is 2.53. The summed E-state index contributed by atoms with van der Waals surface area (Å²) in [5.41, 5.74) is 1.58. The van der Waals surface area contributed by atoms with Crippen LogP contribution in [0.25, 0.3) is 6.08 Å². The van der Waals surface area contributed by atoms with Crippen LogP contribution in [0.3, 0.4) is 0 Å². The lowest BCUT2D eigenvalue weighted by molar-refractivity contribution is -0.114. The molecule has 0 spiro atoms. The predicted octanol–water partition coefficient (Wildman–Crippen LogP) is 4.50. The highest BCUT2D eigenvalue weighted by atomic mass is 35.5. The van der Waals surface area contributed by atoms with Crippen molar-refractivity contribution in [2.75, 3.05) is 10.6 Å². The van der Waals surface area contributed by atoms with Gasteiger partial charge in [0.1, 0.15) is 11.6 Å². The number of nitrogens with zero attached hydrogens (tertiary/aromatic N) is 1. The minimum Gasteiger partial charge on any atom is -0.326 e. The first kappa shape index (κ1) is 18.5. The van der Waals surface area contributed by atoms with Gasteiger partial charge in [-0.05, 0) is 42.0 Å². The number of benzene rings is 2. The maximum absolute atomic E-state index is 12.2. The molecule has 0 aromatic heterocycles. The number of nitrogens with one attached hydrogen (secondary N) is 2. The Morgan fingerprint density at radius 2 is 1.60 bits per heavy atom. The fraction of sp³-hybridized carbons (Fsp3) is 0.0556. The van der Waals surface area contributed by atoms with Gasteiger partial charge in [-0.2, -0.15) is 5.26 Å². The highest BCUT2D eigenvalue weighted by Crippen LogP contribution is 2.23. The van der Waals surface area contributed by atoms with Crippen LogP contribution >= 0.6 is 23.2 Å². The van der Waals surface area contributed by atoms with Gasteiger partial charge >= 0.3 is 0 Å². The Kier molecular flexibility index (Phi) is 6.18. The molecule has 0 saturated heterocycles. The molecule has 0 aliphatic heterocycles. The van der Waals surface area contributed by atoms with Gasteiger partial charge in [-0.15, -0.1) is 0 Å². The van der Waals surface area contributed by atoms with E-state index in [0.29, 0.717) is 27.0 Å². The van der Waals surface area contributed by atoms with Crippen LogP contribution in [0.4, 0.5) is 11.4 Å². The molecule has 2 aromatic carbocycles. The topological polar surface area (TPSA) is 82.0 Å². The highest BCUT2D eigenvalue weighted by molar-refractivity contribution is 6.35. The standard InChI is InChI=1S/C18H13Cl2N3O2/c1-11(24)22-16-4-2-12(3-5-16)6-13(10-21)18(25)23-17-8-14(19)7-15(20)9-17/h2-9H,1H3,(H,22,24)(H,23,25)/b13-6-. The van der Waals surface area contributed by atoms with Gasteiger partial charge in [-0.25, -0.2) is 0 Å². The number of carbonyl (C=O) groups is 2. The second-order valence-corrected chi connectivity index (χ2v) is 5.96. The molecule has 0 saturated carbocycles. The molecule has 2 N–H and O–H groups in total. The molecule has 5 nitrogen and oxygen atoms in total. The van der Waals surface area contributed by atoms with Crippen molar-refractivity contribution in [3.63, 3.8) is 0 Å². The van der Waals surface area contributed by atoms with Gasteiger partial charge in [0.2, 0.25) is 5.91 Å². The van der Waals surface area contributed by atoms with Crippen molar-refractivity contribution in [2.45, 2.75) is 6.92 Å². The summed E-state index contributed by atoms with van der Waals surface area (Å²) in [4.78, 5) is 23.2. The maximum Gasteiger partial charge on any atom is 0.266 e. The van der Waals surface area contributed by atoms with Crippen LogP contribution in [0, 0.1) is 11.3 Å². The van der Waals surface area contributed by atoms with Crippen LogP contribution in [0.5, 0.6) is 0 Å². The van der Waals surface area contributed by atoms with Gasteiger partial charge in [-0.1, -0.05) is 35.3 Å². The van der Waals surface area contributed by atoms with Crippen LogP contribution in [0.2, 0.25) is 10.0 Å². The molecular formula is C18H13Cl2N3O2. The number of amides is 2. The molecule has 0 aliphatic carbocycles. The molecule has 0 bridgehead atoms. The third-order valence-electron chi connectivity index (χ3n) is 3.03. The summed E-state index contributed by atoms with van der Waals surface area (Å²) in [5, 5.41) is 15.2. The average molecular weight is 374 g/mol. The molecule has 126 valence electrons. The zero-order valence-electron chi connectivity index (χ0n) is 13.1. The molecule has 0 radical (unpaired) electrons. The summed E-state index contributed by atoms with van der Waals surface area (Å²) < 4.78 is 0. The minimum atomic E-state index is -0.577. The summed E-state index contributed by atoms with van der Waals surface area (Å²) in [5.74, 6) is -0.757. The number of nitriles is 1. The van der Waals surface area contributed by atoms with Crippen LogP contribution in [0.1, 0.15) is 12.5 Å². The Bertz CT molecular complexity index is 864. The van der Waals surface area contributed by atoms with Gasteiger partial charge in [-0.3, -0.25) is 9.59 Å². The number of rotatable bonds is 4. The quantitative estimate of drug-likeness (QED) is 0.611. The van der Waals surface area contributed by atoms with E-state index in [9.17, 15) is 14.9 Å². The van der Waals surface area contributed by atoms with Crippen molar-refractivity contribution in [3.05, 3.63) is 63.6 Å². The van der Waals surface area contributed by atoms with Crippen molar-refractivity contribution in [3.8, 4) is 6.07 Å². The molecule has 2 rings (SSSR count). The van der Waals surface area contributed by atoms with Gasteiger partial charge < -0.3 is 10.6 Å². The number of halogens is 2. The van der Waals surface area contributed by atoms with Gasteiger partial charge in [0.05, 0.1) is 0 Å². The van der Waals surface area contributed by atoms with Crippen molar-refractivity contribution in [2.24, 2.45) is 0 Å². The lowest BCUT2D eigenvalue weighted by Crippen LogP contribution is -2.13. The molecule has 0 aliphatic rings. The number of carbonyl (C=O) groups excluding carboxylic acids is 2. The van der Waals surface area contributed by atoms with E-state index in [1.807, 2.05) is 6.07 Å². The largest absolute Gasteiger partial charge is 0.326 e. The zero-order valence-corrected chi connectivity index (χ0v) is 14.7. The van der Waals surface area contributed by atoms with E-state index in [-0.39, 0.29) is 11.5 Å². The first-order valence-electron chi connectivity index (χ1n) is 7.14. The van der Waals surface area contributed by atoms with Crippen LogP contribution in [0.15, 0.2) is 48.0 Å². The highest BCUT2D eigenvalue weighted by Gasteiger charge is 2.10. The maximum atomic E-state index is 12.2. The van der Waals surface area contributed by atoms with Gasteiger partial charge in [0, 0.05) is 28.3 Å². The smallest absolute Gasteiger partial charge is 0.266 e. The SMILES string of the molecule is CC(=O)Nc1ccc(/C=C(/C#N)C(=O)Nc2cc(Cl)cc(Cl)c2)cc1. The van der Waals surface area contributed by atoms with E-state index < -0.39 is 5.91 Å². The first-order chi connectivity index (χ1) is 11.9. The van der Waals surface area contributed by atoms with Crippen LogP contribution < -0.4 is 10.6 Å². The summed E-state index contributed by atoms with van der Waals surface area (Å²) in [6.45, 7) is 1.41.